The molecule has 0 aliphatic rings. The van der Waals surface area contributed by atoms with Crippen LogP contribution in [0.2, 0.25) is 0 Å². The molecule has 0 aliphatic heterocycles. The molecule has 1 N–H and O–H groups in total. The Labute approximate surface area is 121 Å². The molecule has 20 heavy (non-hydrogen) atoms. The van der Waals surface area contributed by atoms with Gasteiger partial charge in [0, 0.05) is 11.9 Å². The number of nitrogens with zero attached hydrogens (tertiary/aromatic N) is 1. The maximum Gasteiger partial charge on any atom is 0.336 e. The van der Waals surface area contributed by atoms with Gasteiger partial charge in [0.25, 0.3) is 5.91 Å². The predicted molar refractivity (Wildman–Crippen MR) is 78.2 cm³/mol. The van der Waals surface area contributed by atoms with Gasteiger partial charge in [-0.2, -0.15) is 0 Å². The van der Waals surface area contributed by atoms with Crippen molar-refractivity contribution in [3.63, 3.8) is 0 Å². The lowest BCUT2D eigenvalue weighted by Crippen LogP contribution is -2.30. The third-order valence-electron chi connectivity index (χ3n) is 3.24. The van der Waals surface area contributed by atoms with Gasteiger partial charge in [-0.1, -0.05) is 18.2 Å². The average molecular weight is 289 g/mol. The number of hydrogen-bond acceptors (Lipinski definition) is 3. The number of amides is 1. The number of thiophene rings is 1. The molecule has 1 heterocycles. The Kier molecular flexibility index (Phi) is 4.20. The fourth-order valence-corrected chi connectivity index (χ4v) is 2.77. The smallest absolute Gasteiger partial charge is 0.336 e. The second kappa shape index (κ2) is 5.88. The first-order valence-corrected chi connectivity index (χ1v) is 7.03. The highest BCUT2D eigenvalue weighted by Crippen LogP contribution is 2.25. The number of carbonyl (C=O) groups is 2. The zero-order valence-electron chi connectivity index (χ0n) is 11.2. The first-order chi connectivity index (χ1) is 9.52. The minimum absolute atomic E-state index is 0.0303. The molecule has 0 radical (unpaired) electrons. The summed E-state index contributed by atoms with van der Waals surface area (Å²) in [6.45, 7) is 1.92. The molecule has 2 rings (SSSR count). The predicted octanol–water partition coefficient (Wildman–Crippen LogP) is 3.28. The largest absolute Gasteiger partial charge is 0.478 e. The number of benzene rings is 1. The van der Waals surface area contributed by atoms with Crippen LogP contribution in [0.15, 0.2) is 41.8 Å². The number of aromatic carboxylic acids is 1. The standard InChI is InChI=1S/C15H15NO3S/c1-10(13-8-5-9-20-13)16(2)14(17)11-6-3-4-7-12(11)15(18)19/h3-10H,1-2H3,(H,18,19). The van der Waals surface area contributed by atoms with Gasteiger partial charge < -0.3 is 10.0 Å². The summed E-state index contributed by atoms with van der Waals surface area (Å²) in [6.07, 6.45) is 0. The van der Waals surface area contributed by atoms with E-state index in [2.05, 4.69) is 0 Å². The van der Waals surface area contributed by atoms with E-state index in [9.17, 15) is 9.59 Å². The van der Waals surface area contributed by atoms with Crippen molar-refractivity contribution in [2.24, 2.45) is 0 Å². The van der Waals surface area contributed by atoms with Crippen LogP contribution in [0.1, 0.15) is 38.6 Å². The lowest BCUT2D eigenvalue weighted by atomic mass is 10.1. The van der Waals surface area contributed by atoms with Crippen LogP contribution < -0.4 is 0 Å². The Morgan fingerprint density at radius 3 is 2.35 bits per heavy atom. The molecule has 1 unspecified atom stereocenters. The van der Waals surface area contributed by atoms with Crippen molar-refractivity contribution < 1.29 is 14.7 Å². The third kappa shape index (κ3) is 2.72. The highest BCUT2D eigenvalue weighted by Gasteiger charge is 2.23. The van der Waals surface area contributed by atoms with E-state index in [1.807, 2.05) is 24.4 Å². The van der Waals surface area contributed by atoms with Crippen molar-refractivity contribution in [3.05, 3.63) is 57.8 Å². The molecule has 0 saturated heterocycles. The molecule has 0 spiro atoms. The summed E-state index contributed by atoms with van der Waals surface area (Å²) < 4.78 is 0. The molecule has 0 bridgehead atoms. The van der Waals surface area contributed by atoms with E-state index >= 15 is 0 Å². The molecule has 1 atom stereocenters. The molecule has 2 aromatic rings. The van der Waals surface area contributed by atoms with E-state index in [4.69, 9.17) is 5.11 Å². The maximum absolute atomic E-state index is 12.5. The molecule has 1 amide bonds. The molecular weight excluding hydrogens is 274 g/mol. The van der Waals surface area contributed by atoms with Crippen LogP contribution >= 0.6 is 11.3 Å². The topological polar surface area (TPSA) is 57.6 Å². The first-order valence-electron chi connectivity index (χ1n) is 6.15. The zero-order chi connectivity index (χ0) is 14.7. The second-order valence-electron chi connectivity index (χ2n) is 4.46. The lowest BCUT2D eigenvalue weighted by molar-refractivity contribution is 0.0672. The fraction of sp³-hybridized carbons (Fsp3) is 0.200. The molecule has 0 saturated carbocycles. The monoisotopic (exact) mass is 289 g/mol. The van der Waals surface area contributed by atoms with Gasteiger partial charge >= 0.3 is 5.97 Å². The summed E-state index contributed by atoms with van der Waals surface area (Å²) in [5.74, 6) is -1.38. The first kappa shape index (κ1) is 14.3. The summed E-state index contributed by atoms with van der Waals surface area (Å²) in [5.41, 5.74) is 0.244. The van der Waals surface area contributed by atoms with E-state index in [0.29, 0.717) is 0 Å². The minimum Gasteiger partial charge on any atom is -0.478 e. The van der Waals surface area contributed by atoms with Gasteiger partial charge in [0.1, 0.15) is 0 Å². The van der Waals surface area contributed by atoms with E-state index < -0.39 is 5.97 Å². The second-order valence-corrected chi connectivity index (χ2v) is 5.44. The summed E-state index contributed by atoms with van der Waals surface area (Å²) in [6, 6.07) is 10.1. The quantitative estimate of drug-likeness (QED) is 0.939. The summed E-state index contributed by atoms with van der Waals surface area (Å²) in [7, 11) is 1.69. The SMILES string of the molecule is CC(c1cccs1)N(C)C(=O)c1ccccc1C(=O)O. The molecule has 1 aromatic carbocycles. The van der Waals surface area contributed by atoms with Crippen LogP contribution in [-0.4, -0.2) is 28.9 Å². The van der Waals surface area contributed by atoms with E-state index in [-0.39, 0.29) is 23.1 Å². The summed E-state index contributed by atoms with van der Waals surface area (Å²) in [5, 5.41) is 11.1. The Hall–Kier alpha value is -2.14. The molecule has 1 aromatic heterocycles. The van der Waals surface area contributed by atoms with Crippen molar-refractivity contribution in [3.8, 4) is 0 Å². The molecular formula is C15H15NO3S. The van der Waals surface area contributed by atoms with Crippen molar-refractivity contribution in [1.82, 2.24) is 4.90 Å². The number of carboxylic acids is 1. The van der Waals surface area contributed by atoms with Gasteiger partial charge in [-0.05, 0) is 30.5 Å². The van der Waals surface area contributed by atoms with Crippen molar-refractivity contribution >= 4 is 23.2 Å². The van der Waals surface area contributed by atoms with Crippen molar-refractivity contribution in [2.75, 3.05) is 7.05 Å². The van der Waals surface area contributed by atoms with Gasteiger partial charge in [-0.25, -0.2) is 4.79 Å². The molecule has 5 heteroatoms. The summed E-state index contributed by atoms with van der Waals surface area (Å²) in [4.78, 5) is 26.3. The average Bonchev–Trinajstić information content (AvgIpc) is 2.99. The van der Waals surface area contributed by atoms with E-state index in [1.165, 1.54) is 6.07 Å². The maximum atomic E-state index is 12.5. The normalized spacial score (nSPS) is 11.9. The van der Waals surface area contributed by atoms with Gasteiger partial charge in [0.2, 0.25) is 0 Å². The lowest BCUT2D eigenvalue weighted by Gasteiger charge is -2.24. The number of carboxylic acid groups (broad SMARTS) is 1. The Bertz CT molecular complexity index is 622. The van der Waals surface area contributed by atoms with Gasteiger partial charge in [-0.3, -0.25) is 4.79 Å². The van der Waals surface area contributed by atoms with Gasteiger partial charge in [-0.15, -0.1) is 11.3 Å². The highest BCUT2D eigenvalue weighted by atomic mass is 32.1. The number of rotatable bonds is 4. The van der Waals surface area contributed by atoms with Crippen LogP contribution in [-0.2, 0) is 0 Å². The Morgan fingerprint density at radius 1 is 1.15 bits per heavy atom. The van der Waals surface area contributed by atoms with Crippen molar-refractivity contribution in [2.45, 2.75) is 13.0 Å². The minimum atomic E-state index is -1.09. The zero-order valence-corrected chi connectivity index (χ0v) is 12.1. The van der Waals surface area contributed by atoms with Gasteiger partial charge in [0.15, 0.2) is 0 Å². The van der Waals surface area contributed by atoms with Crippen LogP contribution in [0.5, 0.6) is 0 Å². The number of carbonyl (C=O) groups excluding carboxylic acids is 1. The van der Waals surface area contributed by atoms with Gasteiger partial charge in [0.05, 0.1) is 17.2 Å². The highest BCUT2D eigenvalue weighted by molar-refractivity contribution is 7.10. The van der Waals surface area contributed by atoms with E-state index in [1.54, 1.807) is 41.5 Å². The van der Waals surface area contributed by atoms with E-state index in [0.717, 1.165) is 4.88 Å². The van der Waals surface area contributed by atoms with Crippen LogP contribution in [0.25, 0.3) is 0 Å². The Morgan fingerprint density at radius 2 is 1.80 bits per heavy atom. The summed E-state index contributed by atoms with van der Waals surface area (Å²) >= 11 is 1.57. The van der Waals surface area contributed by atoms with Crippen LogP contribution in [0.4, 0.5) is 0 Å². The fourth-order valence-electron chi connectivity index (χ4n) is 1.94. The number of hydrogen-bond donors (Lipinski definition) is 1. The van der Waals surface area contributed by atoms with Crippen LogP contribution in [0, 0.1) is 0 Å². The molecule has 0 aliphatic carbocycles. The molecule has 0 fully saturated rings. The van der Waals surface area contributed by atoms with Crippen LogP contribution in [0.3, 0.4) is 0 Å². The Balaban J connectivity index is 2.30. The molecule has 104 valence electrons. The van der Waals surface area contributed by atoms with Crippen molar-refractivity contribution in [1.29, 1.82) is 0 Å². The third-order valence-corrected chi connectivity index (χ3v) is 4.29. The molecule has 4 nitrogen and oxygen atoms in total.